The zero-order chi connectivity index (χ0) is 18.1. The molecule has 1 amide bonds. The summed E-state index contributed by atoms with van der Waals surface area (Å²) >= 11 is 0. The summed E-state index contributed by atoms with van der Waals surface area (Å²) in [4.78, 5) is 22.6. The first-order chi connectivity index (χ1) is 12.6. The number of aromatic nitrogens is 6. The van der Waals surface area contributed by atoms with Crippen molar-refractivity contribution in [3.05, 3.63) is 53.6 Å². The summed E-state index contributed by atoms with van der Waals surface area (Å²) < 4.78 is 21.1. The van der Waals surface area contributed by atoms with Gasteiger partial charge in [0.1, 0.15) is 24.1 Å². The highest BCUT2D eigenvalue weighted by molar-refractivity contribution is 5.90. The second kappa shape index (κ2) is 6.64. The van der Waals surface area contributed by atoms with E-state index in [0.29, 0.717) is 30.5 Å². The number of nitrogens with zero attached hydrogens (tertiary/aromatic N) is 6. The molecule has 1 atom stereocenters. The van der Waals surface area contributed by atoms with Crippen LogP contribution in [0.15, 0.2) is 30.6 Å². The lowest BCUT2D eigenvalue weighted by Crippen LogP contribution is -2.42. The van der Waals surface area contributed by atoms with Crippen molar-refractivity contribution in [1.82, 2.24) is 34.8 Å². The van der Waals surface area contributed by atoms with Crippen molar-refractivity contribution >= 4 is 5.91 Å². The van der Waals surface area contributed by atoms with Gasteiger partial charge < -0.3 is 9.64 Å². The summed E-state index contributed by atoms with van der Waals surface area (Å²) in [6.07, 6.45) is 0.824. The lowest BCUT2D eigenvalue weighted by molar-refractivity contribution is -0.0247. The van der Waals surface area contributed by atoms with E-state index in [-0.39, 0.29) is 24.1 Å². The molecule has 26 heavy (non-hydrogen) atoms. The van der Waals surface area contributed by atoms with Crippen molar-refractivity contribution in [2.45, 2.75) is 13.0 Å². The van der Waals surface area contributed by atoms with Crippen LogP contribution in [0.25, 0.3) is 5.95 Å². The Morgan fingerprint density at radius 3 is 3.00 bits per heavy atom. The lowest BCUT2D eigenvalue weighted by atomic mass is 10.1. The predicted molar refractivity (Wildman–Crippen MR) is 87.0 cm³/mol. The summed E-state index contributed by atoms with van der Waals surface area (Å²) in [5.74, 6) is 0.240. The van der Waals surface area contributed by atoms with Gasteiger partial charge in [0.25, 0.3) is 5.91 Å². The first-order valence-electron chi connectivity index (χ1n) is 8.08. The molecule has 1 saturated heterocycles. The fourth-order valence-corrected chi connectivity index (χ4v) is 2.88. The number of carbonyl (C=O) groups excluding carboxylic acids is 1. The number of aromatic amines is 1. The van der Waals surface area contributed by atoms with Crippen LogP contribution in [0.2, 0.25) is 0 Å². The molecule has 1 unspecified atom stereocenters. The molecule has 1 aliphatic heterocycles. The molecule has 9 nitrogen and oxygen atoms in total. The highest BCUT2D eigenvalue weighted by atomic mass is 19.1. The zero-order valence-corrected chi connectivity index (χ0v) is 14.0. The number of morpholine rings is 1. The van der Waals surface area contributed by atoms with Crippen LogP contribution in [-0.2, 0) is 4.74 Å². The molecular formula is C16H16FN7O2. The van der Waals surface area contributed by atoms with Crippen molar-refractivity contribution in [1.29, 1.82) is 0 Å². The predicted octanol–water partition coefficient (Wildman–Crippen LogP) is 1.05. The van der Waals surface area contributed by atoms with E-state index in [1.807, 2.05) is 0 Å². The van der Waals surface area contributed by atoms with Crippen LogP contribution in [0, 0.1) is 12.7 Å². The fraction of sp³-hybridized carbons (Fsp3) is 0.312. The van der Waals surface area contributed by atoms with Gasteiger partial charge in [-0.15, -0.1) is 5.10 Å². The number of benzene rings is 1. The lowest BCUT2D eigenvalue weighted by Gasteiger charge is -2.32. The van der Waals surface area contributed by atoms with Crippen molar-refractivity contribution in [3.8, 4) is 5.95 Å². The molecule has 0 spiro atoms. The smallest absolute Gasteiger partial charge is 0.293 e. The molecule has 1 aliphatic rings. The standard InChI is InChI=1S/C16H16FN7O2/c1-10-20-14(22-24(10)16-18-9-19-21-16)15(25)23-6-7-26-13(8-23)11-4-2-3-5-12(11)17/h2-5,9,13H,6-8H2,1H3,(H,18,19,21). The van der Waals surface area contributed by atoms with Crippen molar-refractivity contribution < 1.29 is 13.9 Å². The number of rotatable bonds is 3. The molecule has 1 aromatic carbocycles. The summed E-state index contributed by atoms with van der Waals surface area (Å²) in [7, 11) is 0. The van der Waals surface area contributed by atoms with E-state index in [1.165, 1.54) is 17.1 Å². The molecule has 1 N–H and O–H groups in total. The summed E-state index contributed by atoms with van der Waals surface area (Å²) in [6.45, 7) is 2.65. The van der Waals surface area contributed by atoms with Crippen LogP contribution >= 0.6 is 0 Å². The van der Waals surface area contributed by atoms with Crippen LogP contribution in [0.4, 0.5) is 4.39 Å². The third kappa shape index (κ3) is 2.94. The van der Waals surface area contributed by atoms with Gasteiger partial charge in [0.05, 0.1) is 13.2 Å². The van der Waals surface area contributed by atoms with E-state index < -0.39 is 6.10 Å². The Morgan fingerprint density at radius 1 is 1.38 bits per heavy atom. The Labute approximate surface area is 147 Å². The molecule has 0 radical (unpaired) electrons. The average molecular weight is 357 g/mol. The number of aryl methyl sites for hydroxylation is 1. The highest BCUT2D eigenvalue weighted by Gasteiger charge is 2.30. The van der Waals surface area contributed by atoms with E-state index in [4.69, 9.17) is 4.74 Å². The molecule has 0 bridgehead atoms. The Balaban J connectivity index is 1.55. The third-order valence-electron chi connectivity index (χ3n) is 4.17. The number of ether oxygens (including phenoxy) is 1. The summed E-state index contributed by atoms with van der Waals surface area (Å²) in [5, 5.41) is 10.6. The maximum Gasteiger partial charge on any atom is 0.293 e. The first-order valence-corrected chi connectivity index (χ1v) is 8.08. The van der Waals surface area contributed by atoms with E-state index in [0.717, 1.165) is 0 Å². The molecule has 3 aromatic rings. The van der Waals surface area contributed by atoms with Crippen LogP contribution in [0.3, 0.4) is 0 Å². The third-order valence-corrected chi connectivity index (χ3v) is 4.17. The maximum atomic E-state index is 14.0. The minimum Gasteiger partial charge on any atom is -0.370 e. The Bertz CT molecular complexity index is 925. The van der Waals surface area contributed by atoms with E-state index >= 15 is 0 Å². The Hall–Kier alpha value is -3.14. The van der Waals surface area contributed by atoms with Crippen LogP contribution in [0.1, 0.15) is 28.1 Å². The average Bonchev–Trinajstić information content (AvgIpc) is 3.31. The number of H-pyrrole nitrogens is 1. The molecule has 4 rings (SSSR count). The van der Waals surface area contributed by atoms with Crippen molar-refractivity contribution in [2.24, 2.45) is 0 Å². The summed E-state index contributed by atoms with van der Waals surface area (Å²) in [6, 6.07) is 6.40. The molecule has 0 aliphatic carbocycles. The number of halogens is 1. The fourth-order valence-electron chi connectivity index (χ4n) is 2.88. The van der Waals surface area contributed by atoms with Gasteiger partial charge in [-0.1, -0.05) is 18.2 Å². The van der Waals surface area contributed by atoms with E-state index in [9.17, 15) is 9.18 Å². The van der Waals surface area contributed by atoms with Gasteiger partial charge in [0.15, 0.2) is 0 Å². The van der Waals surface area contributed by atoms with Crippen molar-refractivity contribution in [3.63, 3.8) is 0 Å². The molecule has 3 heterocycles. The van der Waals surface area contributed by atoms with Gasteiger partial charge in [-0.2, -0.15) is 14.8 Å². The molecule has 10 heteroatoms. The number of nitrogens with one attached hydrogen (secondary N) is 1. The van der Waals surface area contributed by atoms with Crippen LogP contribution in [-0.4, -0.2) is 60.4 Å². The topological polar surface area (TPSA) is 102 Å². The second-order valence-electron chi connectivity index (χ2n) is 5.84. The minimum atomic E-state index is -0.522. The van der Waals surface area contributed by atoms with Crippen molar-refractivity contribution in [2.75, 3.05) is 19.7 Å². The van der Waals surface area contributed by atoms with Gasteiger partial charge in [-0.25, -0.2) is 14.5 Å². The molecule has 0 saturated carbocycles. The van der Waals surface area contributed by atoms with Gasteiger partial charge in [0, 0.05) is 12.1 Å². The quantitative estimate of drug-likeness (QED) is 0.752. The van der Waals surface area contributed by atoms with Crippen LogP contribution < -0.4 is 0 Å². The zero-order valence-electron chi connectivity index (χ0n) is 14.0. The Morgan fingerprint density at radius 2 is 2.23 bits per heavy atom. The van der Waals surface area contributed by atoms with E-state index in [2.05, 4.69) is 25.3 Å². The molecule has 1 fully saturated rings. The monoisotopic (exact) mass is 357 g/mol. The molecule has 2 aromatic heterocycles. The number of hydrogen-bond donors (Lipinski definition) is 1. The second-order valence-corrected chi connectivity index (χ2v) is 5.84. The van der Waals surface area contributed by atoms with Gasteiger partial charge >= 0.3 is 0 Å². The molecule has 134 valence electrons. The van der Waals surface area contributed by atoms with Gasteiger partial charge in [-0.05, 0) is 13.0 Å². The summed E-state index contributed by atoms with van der Waals surface area (Å²) in [5.41, 5.74) is 0.432. The number of carbonyl (C=O) groups is 1. The molecular weight excluding hydrogens is 341 g/mol. The number of amides is 1. The SMILES string of the molecule is Cc1nc(C(=O)N2CCOC(c3ccccc3F)C2)nn1-c1ncn[nH]1. The van der Waals surface area contributed by atoms with Gasteiger partial charge in [-0.3, -0.25) is 4.79 Å². The van der Waals surface area contributed by atoms with Gasteiger partial charge in [0.2, 0.25) is 11.8 Å². The van der Waals surface area contributed by atoms with E-state index in [1.54, 1.807) is 30.0 Å². The maximum absolute atomic E-state index is 14.0. The minimum absolute atomic E-state index is 0.0492. The van der Waals surface area contributed by atoms with Crippen LogP contribution in [0.5, 0.6) is 0 Å². The Kier molecular flexibility index (Phi) is 4.17. The largest absolute Gasteiger partial charge is 0.370 e. The number of hydrogen-bond acceptors (Lipinski definition) is 6. The normalized spacial score (nSPS) is 17.5. The highest BCUT2D eigenvalue weighted by Crippen LogP contribution is 2.25. The first kappa shape index (κ1) is 16.3.